The molecule has 0 aliphatic heterocycles. The molecule has 0 spiro atoms. The minimum atomic E-state index is -0.844. The number of rotatable bonds is 12. The van der Waals surface area contributed by atoms with Crippen molar-refractivity contribution in [3.63, 3.8) is 0 Å². The Hall–Kier alpha value is -3.26. The molecule has 0 aliphatic rings. The first-order valence-corrected chi connectivity index (χ1v) is 12.0. The Morgan fingerprint density at radius 1 is 1.09 bits per heavy atom. The van der Waals surface area contributed by atoms with E-state index in [0.717, 1.165) is 12.0 Å². The molecule has 2 aromatic rings. The van der Waals surface area contributed by atoms with Crippen LogP contribution in [0.1, 0.15) is 53.0 Å². The molecule has 0 unspecified atom stereocenters. The third-order valence-electron chi connectivity index (χ3n) is 6.01. The number of carbonyl (C=O) groups is 3. The molecule has 0 saturated heterocycles. The van der Waals surface area contributed by atoms with Crippen molar-refractivity contribution in [2.75, 3.05) is 5.32 Å². The van der Waals surface area contributed by atoms with Crippen LogP contribution in [0.4, 0.5) is 5.69 Å². The van der Waals surface area contributed by atoms with Gasteiger partial charge in [-0.15, -0.1) is 0 Å². The summed E-state index contributed by atoms with van der Waals surface area (Å²) in [4.78, 5) is 42.2. The number of aromatic nitrogens is 1. The van der Waals surface area contributed by atoms with Crippen LogP contribution >= 0.6 is 0 Å². The van der Waals surface area contributed by atoms with Crippen LogP contribution in [-0.4, -0.2) is 45.6 Å². The molecule has 0 bridgehead atoms. The molecule has 190 valence electrons. The van der Waals surface area contributed by atoms with Crippen LogP contribution in [-0.2, 0) is 20.8 Å². The number of nitrogens with zero attached hydrogens (tertiary/aromatic N) is 2. The predicted molar refractivity (Wildman–Crippen MR) is 135 cm³/mol. The van der Waals surface area contributed by atoms with Crippen molar-refractivity contribution in [2.24, 2.45) is 17.3 Å². The van der Waals surface area contributed by atoms with Crippen LogP contribution in [0.3, 0.4) is 0 Å². The van der Waals surface area contributed by atoms with E-state index in [-0.39, 0.29) is 17.7 Å². The number of pyridine rings is 1. The fraction of sp³-hybridized carbons (Fsp3) is 0.481. The topological polar surface area (TPSA) is 112 Å². The van der Waals surface area contributed by atoms with Gasteiger partial charge in [-0.2, -0.15) is 0 Å². The van der Waals surface area contributed by atoms with Gasteiger partial charge in [0.05, 0.1) is 23.8 Å². The van der Waals surface area contributed by atoms with E-state index in [1.165, 1.54) is 6.20 Å². The summed E-state index contributed by atoms with van der Waals surface area (Å²) in [6.07, 6.45) is 5.35. The zero-order valence-corrected chi connectivity index (χ0v) is 21.3. The lowest BCUT2D eigenvalue weighted by atomic mass is 9.82. The highest BCUT2D eigenvalue weighted by atomic mass is 16.5. The summed E-state index contributed by atoms with van der Waals surface area (Å²) in [5, 5.41) is 16.6. The van der Waals surface area contributed by atoms with Crippen molar-refractivity contribution >= 4 is 23.9 Å². The van der Waals surface area contributed by atoms with Gasteiger partial charge in [-0.1, -0.05) is 65.0 Å². The molecule has 2 rings (SSSR count). The quantitative estimate of drug-likeness (QED) is 0.240. The van der Waals surface area contributed by atoms with Gasteiger partial charge in [0.15, 0.2) is 0 Å². The smallest absolute Gasteiger partial charge is 0.247 e. The van der Waals surface area contributed by atoms with E-state index in [0.29, 0.717) is 30.0 Å². The minimum absolute atomic E-state index is 0.185. The second kappa shape index (κ2) is 13.0. The van der Waals surface area contributed by atoms with Crippen LogP contribution in [0.15, 0.2) is 54.9 Å². The third-order valence-corrected chi connectivity index (χ3v) is 6.01. The van der Waals surface area contributed by atoms with Crippen molar-refractivity contribution in [1.29, 1.82) is 0 Å². The number of nitrogens with one attached hydrogen (secondary N) is 2. The van der Waals surface area contributed by atoms with E-state index in [4.69, 9.17) is 0 Å². The second-order valence-corrected chi connectivity index (χ2v) is 10.2. The van der Waals surface area contributed by atoms with Crippen LogP contribution < -0.4 is 10.6 Å². The lowest BCUT2D eigenvalue weighted by Crippen LogP contribution is -2.56. The van der Waals surface area contributed by atoms with E-state index >= 15 is 0 Å². The number of carbonyl (C=O) groups excluding carboxylic acids is 3. The Balaban J connectivity index is 2.25. The Kier molecular flexibility index (Phi) is 10.4. The molecule has 8 nitrogen and oxygen atoms in total. The number of hydroxylamine groups is 2. The van der Waals surface area contributed by atoms with Gasteiger partial charge < -0.3 is 10.6 Å². The number of benzene rings is 1. The standard InChI is InChI=1S/C27H38N4O4/c1-19(2)23(31(35)18-32)22(15-9-13-20-11-7-6-8-12-20)25(33)30-24(27(3,4)5)26(34)29-21-14-10-16-28-17-21/h6-8,10-12,14,16-19,22-24,35H,9,13,15H2,1-5H3,(H,29,34)(H,30,33)/t22-,23+,24-/m1/s1. The zero-order chi connectivity index (χ0) is 26.0. The summed E-state index contributed by atoms with van der Waals surface area (Å²) >= 11 is 0. The maximum Gasteiger partial charge on any atom is 0.247 e. The van der Waals surface area contributed by atoms with Crippen molar-refractivity contribution in [2.45, 2.75) is 66.0 Å². The Morgan fingerprint density at radius 3 is 2.31 bits per heavy atom. The highest BCUT2D eigenvalue weighted by Crippen LogP contribution is 2.26. The molecule has 0 fully saturated rings. The molecule has 1 aromatic heterocycles. The lowest BCUT2D eigenvalue weighted by Gasteiger charge is -2.36. The molecule has 3 amide bonds. The maximum absolute atomic E-state index is 13.6. The van der Waals surface area contributed by atoms with Gasteiger partial charge in [-0.25, -0.2) is 5.06 Å². The van der Waals surface area contributed by atoms with E-state index in [1.807, 2.05) is 65.0 Å². The summed E-state index contributed by atoms with van der Waals surface area (Å²) in [6, 6.07) is 11.8. The molecule has 3 atom stereocenters. The second-order valence-electron chi connectivity index (χ2n) is 10.2. The fourth-order valence-electron chi connectivity index (χ4n) is 4.23. The number of aryl methyl sites for hydroxylation is 1. The number of hydrogen-bond donors (Lipinski definition) is 3. The lowest BCUT2D eigenvalue weighted by molar-refractivity contribution is -0.173. The summed E-state index contributed by atoms with van der Waals surface area (Å²) in [5.74, 6) is -1.63. The van der Waals surface area contributed by atoms with Gasteiger partial charge >= 0.3 is 0 Å². The minimum Gasteiger partial charge on any atom is -0.343 e. The molecule has 8 heteroatoms. The van der Waals surface area contributed by atoms with Crippen molar-refractivity contribution < 1.29 is 19.6 Å². The van der Waals surface area contributed by atoms with Crippen molar-refractivity contribution in [3.8, 4) is 0 Å². The van der Waals surface area contributed by atoms with Crippen LogP contribution in [0.5, 0.6) is 0 Å². The molecule has 1 heterocycles. The van der Waals surface area contributed by atoms with Gasteiger partial charge in [0.25, 0.3) is 0 Å². The molecule has 35 heavy (non-hydrogen) atoms. The van der Waals surface area contributed by atoms with Crippen molar-refractivity contribution in [1.82, 2.24) is 15.4 Å². The molecule has 0 radical (unpaired) electrons. The number of amides is 3. The van der Waals surface area contributed by atoms with Gasteiger partial charge in [-0.05, 0) is 48.3 Å². The third kappa shape index (κ3) is 8.47. The first kappa shape index (κ1) is 28.0. The fourth-order valence-corrected chi connectivity index (χ4v) is 4.23. The van der Waals surface area contributed by atoms with Gasteiger partial charge in [0, 0.05) is 6.20 Å². The average Bonchev–Trinajstić information content (AvgIpc) is 2.81. The maximum atomic E-state index is 13.6. The monoisotopic (exact) mass is 482 g/mol. The Morgan fingerprint density at radius 2 is 1.77 bits per heavy atom. The SMILES string of the molecule is CC(C)[C@@H]([C@@H](CCCc1ccccc1)C(=O)N[C@H](C(=O)Nc1cccnc1)C(C)(C)C)N(O)C=O. The van der Waals surface area contributed by atoms with Crippen molar-refractivity contribution in [3.05, 3.63) is 60.4 Å². The molecule has 3 N–H and O–H groups in total. The highest BCUT2D eigenvalue weighted by Gasteiger charge is 2.39. The molecule has 1 aromatic carbocycles. The first-order valence-electron chi connectivity index (χ1n) is 12.0. The normalized spacial score (nSPS) is 14.0. The van der Waals surface area contributed by atoms with Gasteiger partial charge in [-0.3, -0.25) is 24.6 Å². The summed E-state index contributed by atoms with van der Waals surface area (Å²) in [5.41, 5.74) is 1.09. The number of hydrogen-bond acceptors (Lipinski definition) is 5. The van der Waals surface area contributed by atoms with Crippen LogP contribution in [0.25, 0.3) is 0 Å². The molecular weight excluding hydrogens is 444 g/mol. The Labute approximate surface area is 208 Å². The molecule has 0 saturated carbocycles. The largest absolute Gasteiger partial charge is 0.343 e. The van der Waals surface area contributed by atoms with E-state index in [2.05, 4.69) is 15.6 Å². The van der Waals surface area contributed by atoms with Crippen LogP contribution in [0, 0.1) is 17.3 Å². The zero-order valence-electron chi connectivity index (χ0n) is 21.3. The molecular formula is C27H38N4O4. The van der Waals surface area contributed by atoms with Gasteiger partial charge in [0.1, 0.15) is 6.04 Å². The van der Waals surface area contributed by atoms with Crippen LogP contribution in [0.2, 0.25) is 0 Å². The van der Waals surface area contributed by atoms with Gasteiger partial charge in [0.2, 0.25) is 18.2 Å². The van der Waals surface area contributed by atoms with E-state index in [9.17, 15) is 19.6 Å². The summed E-state index contributed by atoms with van der Waals surface area (Å²) in [7, 11) is 0. The summed E-state index contributed by atoms with van der Waals surface area (Å²) < 4.78 is 0. The Bertz CT molecular complexity index is 945. The number of anilines is 1. The molecule has 0 aliphatic carbocycles. The van der Waals surface area contributed by atoms with E-state index in [1.54, 1.807) is 18.3 Å². The highest BCUT2D eigenvalue weighted by molar-refractivity contribution is 5.98. The first-order chi connectivity index (χ1) is 16.5. The average molecular weight is 483 g/mol. The van der Waals surface area contributed by atoms with E-state index < -0.39 is 23.4 Å². The summed E-state index contributed by atoms with van der Waals surface area (Å²) in [6.45, 7) is 9.31. The predicted octanol–water partition coefficient (Wildman–Crippen LogP) is 4.06.